The zero-order chi connectivity index (χ0) is 15.6. The molecule has 1 aliphatic rings. The number of nitrogens with zero attached hydrogens (tertiary/aromatic N) is 1. The van der Waals surface area contributed by atoms with Gasteiger partial charge in [0.1, 0.15) is 11.6 Å². The topological polar surface area (TPSA) is 116 Å². The summed E-state index contributed by atoms with van der Waals surface area (Å²) in [6.07, 6.45) is 1.90. The number of nitrogens with two attached hydrogens (primary N) is 1. The maximum Gasteiger partial charge on any atom is 0.321 e. The molecule has 4 N–H and O–H groups in total. The first kappa shape index (κ1) is 16.8. The van der Waals surface area contributed by atoms with Crippen molar-refractivity contribution in [3.05, 3.63) is 0 Å². The van der Waals surface area contributed by atoms with Crippen LogP contribution in [0.2, 0.25) is 0 Å². The molecule has 20 heavy (non-hydrogen) atoms. The minimum atomic E-state index is -1.09. The molecule has 2 atom stereocenters. The molecule has 1 saturated carbocycles. The van der Waals surface area contributed by atoms with Gasteiger partial charge in [-0.05, 0) is 39.5 Å². The lowest BCUT2D eigenvalue weighted by molar-refractivity contribution is -0.139. The number of hydrogen-bond acceptors (Lipinski definition) is 5. The van der Waals surface area contributed by atoms with Gasteiger partial charge in [0, 0.05) is 4.75 Å². The molecule has 1 fully saturated rings. The predicted octanol–water partition coefficient (Wildman–Crippen LogP) is 0.719. The first-order chi connectivity index (χ1) is 9.12. The van der Waals surface area contributed by atoms with Crippen molar-refractivity contribution in [3.63, 3.8) is 0 Å². The van der Waals surface area contributed by atoms with Crippen LogP contribution in [0.25, 0.3) is 0 Å². The summed E-state index contributed by atoms with van der Waals surface area (Å²) >= 11 is 1.18. The molecule has 0 aromatic heterocycles. The third-order valence-electron chi connectivity index (χ3n) is 3.62. The number of carboxylic acid groups (broad SMARTS) is 1. The van der Waals surface area contributed by atoms with E-state index in [-0.39, 0.29) is 17.6 Å². The summed E-state index contributed by atoms with van der Waals surface area (Å²) < 4.78 is -0.758. The van der Waals surface area contributed by atoms with E-state index in [0.29, 0.717) is 0 Å². The molecule has 6 nitrogen and oxygen atoms in total. The molecule has 1 rings (SSSR count). The van der Waals surface area contributed by atoms with Crippen molar-refractivity contribution in [3.8, 4) is 6.07 Å². The second-order valence-electron chi connectivity index (χ2n) is 5.84. The predicted molar refractivity (Wildman–Crippen MR) is 77.0 cm³/mol. The highest BCUT2D eigenvalue weighted by molar-refractivity contribution is 8.01. The summed E-state index contributed by atoms with van der Waals surface area (Å²) in [6, 6.07) is 1.10. The number of nitriles is 1. The number of hydrogen-bond donors (Lipinski definition) is 3. The first-order valence-electron chi connectivity index (χ1n) is 6.47. The second-order valence-corrected chi connectivity index (χ2v) is 7.47. The Kier molecular flexibility index (Phi) is 5.05. The SMILES string of the molecule is CC(C#N)(NC(=O)CSC(C)(C)[C@H](N)C(=O)O)C1CC1. The van der Waals surface area contributed by atoms with Crippen molar-refractivity contribution in [1.29, 1.82) is 5.26 Å². The number of aliphatic carboxylic acids is 1. The van der Waals surface area contributed by atoms with Gasteiger partial charge >= 0.3 is 5.97 Å². The number of carboxylic acids is 1. The molecule has 0 aliphatic heterocycles. The van der Waals surface area contributed by atoms with Crippen LogP contribution in [0, 0.1) is 17.2 Å². The molecule has 112 valence electrons. The minimum absolute atomic E-state index is 0.0813. The Labute approximate surface area is 123 Å². The van der Waals surface area contributed by atoms with Crippen molar-refractivity contribution in [2.75, 3.05) is 5.75 Å². The van der Waals surface area contributed by atoms with E-state index in [1.165, 1.54) is 11.8 Å². The number of carbonyl (C=O) groups excluding carboxylic acids is 1. The molecular formula is C13H21N3O3S. The lowest BCUT2D eigenvalue weighted by Crippen LogP contribution is -2.50. The van der Waals surface area contributed by atoms with Crippen LogP contribution >= 0.6 is 11.8 Å². The largest absolute Gasteiger partial charge is 0.480 e. The standard InChI is InChI=1S/C13H21N3O3S/c1-12(2,10(15)11(18)19)20-6-9(17)16-13(3,7-14)8-4-5-8/h8,10H,4-6,15H2,1-3H3,(H,16,17)(H,18,19)/t10-,13?/m1/s1. The van der Waals surface area contributed by atoms with E-state index in [1.807, 2.05) is 0 Å². The van der Waals surface area contributed by atoms with Gasteiger partial charge in [-0.2, -0.15) is 5.26 Å². The van der Waals surface area contributed by atoms with Gasteiger partial charge in [-0.1, -0.05) is 0 Å². The normalized spacial score (nSPS) is 19.6. The maximum absolute atomic E-state index is 11.9. The van der Waals surface area contributed by atoms with Gasteiger partial charge in [0.25, 0.3) is 0 Å². The summed E-state index contributed by atoms with van der Waals surface area (Å²) in [5.74, 6) is -1.06. The number of nitrogens with one attached hydrogen (secondary N) is 1. The number of carbonyl (C=O) groups is 2. The van der Waals surface area contributed by atoms with E-state index in [9.17, 15) is 9.59 Å². The fraction of sp³-hybridized carbons (Fsp3) is 0.769. The Morgan fingerprint density at radius 2 is 2.05 bits per heavy atom. The van der Waals surface area contributed by atoms with Crippen LogP contribution < -0.4 is 11.1 Å². The molecule has 0 bridgehead atoms. The van der Waals surface area contributed by atoms with Crippen LogP contribution in [0.4, 0.5) is 0 Å². The van der Waals surface area contributed by atoms with Gasteiger partial charge in [0.05, 0.1) is 11.8 Å². The number of rotatable bonds is 7. The van der Waals surface area contributed by atoms with Gasteiger partial charge in [0.2, 0.25) is 5.91 Å². The second kappa shape index (κ2) is 6.02. The molecule has 0 spiro atoms. The van der Waals surface area contributed by atoms with E-state index in [0.717, 1.165) is 12.8 Å². The van der Waals surface area contributed by atoms with Crippen molar-refractivity contribution in [2.45, 2.75) is 49.9 Å². The van der Waals surface area contributed by atoms with Crippen LogP contribution in [0.15, 0.2) is 0 Å². The van der Waals surface area contributed by atoms with E-state index < -0.39 is 22.3 Å². The van der Waals surface area contributed by atoms with Crippen molar-refractivity contribution in [1.82, 2.24) is 5.32 Å². The summed E-state index contributed by atoms with van der Waals surface area (Å²) in [7, 11) is 0. The summed E-state index contributed by atoms with van der Waals surface area (Å²) in [5.41, 5.74) is 4.76. The van der Waals surface area contributed by atoms with Crippen LogP contribution in [0.5, 0.6) is 0 Å². The Morgan fingerprint density at radius 1 is 1.50 bits per heavy atom. The van der Waals surface area contributed by atoms with Crippen molar-refractivity contribution < 1.29 is 14.7 Å². The van der Waals surface area contributed by atoms with Crippen LogP contribution in [-0.4, -0.2) is 39.1 Å². The molecule has 0 aromatic rings. The Balaban J connectivity index is 2.51. The molecule has 0 heterocycles. The molecular weight excluding hydrogens is 278 g/mol. The molecule has 1 amide bonds. The van der Waals surface area contributed by atoms with Gasteiger partial charge in [-0.25, -0.2) is 0 Å². The quantitative estimate of drug-likeness (QED) is 0.638. The van der Waals surface area contributed by atoms with E-state index in [2.05, 4.69) is 11.4 Å². The molecule has 7 heteroatoms. The zero-order valence-electron chi connectivity index (χ0n) is 12.0. The summed E-state index contributed by atoms with van der Waals surface area (Å²) in [5, 5.41) is 20.8. The zero-order valence-corrected chi connectivity index (χ0v) is 12.8. The Hall–Kier alpha value is -1.26. The van der Waals surface area contributed by atoms with E-state index >= 15 is 0 Å². The van der Waals surface area contributed by atoms with Gasteiger partial charge in [-0.3, -0.25) is 9.59 Å². The highest BCUT2D eigenvalue weighted by Gasteiger charge is 2.43. The van der Waals surface area contributed by atoms with E-state index in [4.69, 9.17) is 16.1 Å². The van der Waals surface area contributed by atoms with Crippen molar-refractivity contribution >= 4 is 23.6 Å². The average molecular weight is 299 g/mol. The molecule has 0 saturated heterocycles. The summed E-state index contributed by atoms with van der Waals surface area (Å²) in [6.45, 7) is 5.10. The highest BCUT2D eigenvalue weighted by atomic mass is 32.2. The molecule has 1 unspecified atom stereocenters. The third kappa shape index (κ3) is 4.12. The molecule has 0 radical (unpaired) electrons. The van der Waals surface area contributed by atoms with Gasteiger partial charge < -0.3 is 16.2 Å². The number of thioether (sulfide) groups is 1. The third-order valence-corrected chi connectivity index (χ3v) is 5.02. The van der Waals surface area contributed by atoms with Crippen LogP contribution in [0.3, 0.4) is 0 Å². The average Bonchev–Trinajstić information content (AvgIpc) is 3.19. The molecule has 0 aromatic carbocycles. The minimum Gasteiger partial charge on any atom is -0.480 e. The van der Waals surface area contributed by atoms with Gasteiger partial charge in [0.15, 0.2) is 0 Å². The van der Waals surface area contributed by atoms with Gasteiger partial charge in [-0.15, -0.1) is 11.8 Å². The first-order valence-corrected chi connectivity index (χ1v) is 7.45. The summed E-state index contributed by atoms with van der Waals surface area (Å²) in [4.78, 5) is 22.8. The fourth-order valence-corrected chi connectivity index (χ4v) is 2.70. The van der Waals surface area contributed by atoms with Crippen LogP contribution in [0.1, 0.15) is 33.6 Å². The maximum atomic E-state index is 11.9. The lowest BCUT2D eigenvalue weighted by atomic mass is 9.98. The van der Waals surface area contributed by atoms with Crippen LogP contribution in [-0.2, 0) is 9.59 Å². The van der Waals surface area contributed by atoms with E-state index in [1.54, 1.807) is 20.8 Å². The molecule has 1 aliphatic carbocycles. The number of amides is 1. The van der Waals surface area contributed by atoms with Crippen molar-refractivity contribution in [2.24, 2.45) is 11.7 Å². The highest BCUT2D eigenvalue weighted by Crippen LogP contribution is 2.39. The smallest absolute Gasteiger partial charge is 0.321 e. The monoisotopic (exact) mass is 299 g/mol. The Bertz CT molecular complexity index is 443. The fourth-order valence-electron chi connectivity index (χ4n) is 1.85. The Morgan fingerprint density at radius 3 is 2.45 bits per heavy atom. The lowest BCUT2D eigenvalue weighted by Gasteiger charge is -2.29.